The Morgan fingerprint density at radius 1 is 1.15 bits per heavy atom. The van der Waals surface area contributed by atoms with Crippen LogP contribution in [-0.2, 0) is 0 Å². The lowest BCUT2D eigenvalue weighted by Gasteiger charge is -2.18. The van der Waals surface area contributed by atoms with Gasteiger partial charge in [0.2, 0.25) is 0 Å². The summed E-state index contributed by atoms with van der Waals surface area (Å²) in [6, 6.07) is 0. The maximum Gasteiger partial charge on any atom is 0.0543 e. The molecule has 2 unspecified atom stereocenters. The first-order valence-electron chi connectivity index (χ1n) is 5.73. The van der Waals surface area contributed by atoms with E-state index in [-0.39, 0.29) is 6.17 Å². The number of nitrogens with two attached hydrogens (primary N) is 1. The Bertz CT molecular complexity index is 104. The molecule has 0 heterocycles. The molecule has 2 heteroatoms. The van der Waals surface area contributed by atoms with Gasteiger partial charge in [0.05, 0.1) is 6.17 Å². The minimum atomic E-state index is 0.190. The van der Waals surface area contributed by atoms with Gasteiger partial charge in [-0.1, -0.05) is 40.0 Å². The van der Waals surface area contributed by atoms with Crippen molar-refractivity contribution in [1.29, 1.82) is 0 Å². The van der Waals surface area contributed by atoms with E-state index in [2.05, 4.69) is 26.1 Å². The second-order valence-corrected chi connectivity index (χ2v) is 3.84. The zero-order valence-corrected chi connectivity index (χ0v) is 9.47. The molecule has 80 valence electrons. The number of nitrogens with one attached hydrogen (secondary N) is 1. The summed E-state index contributed by atoms with van der Waals surface area (Å²) in [5.41, 5.74) is 5.79. The summed E-state index contributed by atoms with van der Waals surface area (Å²) in [6.07, 6.45) is 6.47. The van der Waals surface area contributed by atoms with Gasteiger partial charge in [0.15, 0.2) is 0 Å². The Kier molecular flexibility index (Phi) is 8.46. The zero-order chi connectivity index (χ0) is 10.1. The fourth-order valence-corrected chi connectivity index (χ4v) is 1.41. The molecule has 0 aliphatic carbocycles. The minimum Gasteiger partial charge on any atom is -0.316 e. The molecule has 0 saturated heterocycles. The third-order valence-electron chi connectivity index (χ3n) is 2.65. The standard InChI is InChI=1S/C11H26N2/c1-4-7-8-10(5-2)9-13-11(12)6-3/h10-11,13H,4-9,12H2,1-3H3. The lowest BCUT2D eigenvalue weighted by Crippen LogP contribution is -2.39. The van der Waals surface area contributed by atoms with Crippen LogP contribution < -0.4 is 11.1 Å². The summed E-state index contributed by atoms with van der Waals surface area (Å²) in [5.74, 6) is 0.817. The normalized spacial score (nSPS) is 15.7. The second kappa shape index (κ2) is 8.52. The molecule has 0 amide bonds. The van der Waals surface area contributed by atoms with Gasteiger partial charge >= 0.3 is 0 Å². The molecular weight excluding hydrogens is 160 g/mol. The van der Waals surface area contributed by atoms with Crippen molar-refractivity contribution < 1.29 is 0 Å². The smallest absolute Gasteiger partial charge is 0.0543 e. The number of hydrogen-bond donors (Lipinski definition) is 2. The van der Waals surface area contributed by atoms with E-state index in [1.807, 2.05) is 0 Å². The highest BCUT2D eigenvalue weighted by atomic mass is 15.0. The van der Waals surface area contributed by atoms with Crippen LogP contribution in [0.2, 0.25) is 0 Å². The van der Waals surface area contributed by atoms with Gasteiger partial charge in [-0.15, -0.1) is 0 Å². The van der Waals surface area contributed by atoms with Crippen molar-refractivity contribution >= 4 is 0 Å². The molecule has 0 spiro atoms. The monoisotopic (exact) mass is 186 g/mol. The summed E-state index contributed by atoms with van der Waals surface area (Å²) in [5, 5.41) is 3.37. The van der Waals surface area contributed by atoms with Gasteiger partial charge in [0, 0.05) is 0 Å². The topological polar surface area (TPSA) is 38.0 Å². The van der Waals surface area contributed by atoms with Crippen LogP contribution in [0.25, 0.3) is 0 Å². The van der Waals surface area contributed by atoms with Crippen molar-refractivity contribution in [3.8, 4) is 0 Å². The zero-order valence-electron chi connectivity index (χ0n) is 9.47. The molecule has 0 aromatic rings. The van der Waals surface area contributed by atoms with E-state index in [1.54, 1.807) is 0 Å². The third-order valence-corrected chi connectivity index (χ3v) is 2.65. The molecule has 0 rings (SSSR count). The largest absolute Gasteiger partial charge is 0.316 e. The Morgan fingerprint density at radius 2 is 1.85 bits per heavy atom. The average Bonchev–Trinajstić information content (AvgIpc) is 2.17. The van der Waals surface area contributed by atoms with Gasteiger partial charge in [0.25, 0.3) is 0 Å². The first kappa shape index (κ1) is 12.9. The van der Waals surface area contributed by atoms with Gasteiger partial charge in [-0.25, -0.2) is 0 Å². The molecule has 2 nitrogen and oxygen atoms in total. The van der Waals surface area contributed by atoms with E-state index in [0.29, 0.717) is 0 Å². The molecule has 2 atom stereocenters. The average molecular weight is 186 g/mol. The molecule has 0 bridgehead atoms. The Labute approximate surface area is 83.3 Å². The van der Waals surface area contributed by atoms with Crippen molar-refractivity contribution in [3.05, 3.63) is 0 Å². The maximum absolute atomic E-state index is 5.79. The third kappa shape index (κ3) is 7.03. The van der Waals surface area contributed by atoms with E-state index in [4.69, 9.17) is 5.73 Å². The van der Waals surface area contributed by atoms with Crippen LogP contribution in [-0.4, -0.2) is 12.7 Å². The summed E-state index contributed by atoms with van der Waals surface area (Å²) in [4.78, 5) is 0. The predicted molar refractivity (Wildman–Crippen MR) is 59.6 cm³/mol. The lowest BCUT2D eigenvalue weighted by atomic mass is 9.99. The van der Waals surface area contributed by atoms with Crippen LogP contribution in [0, 0.1) is 5.92 Å². The fraction of sp³-hybridized carbons (Fsp3) is 1.00. The van der Waals surface area contributed by atoms with E-state index >= 15 is 0 Å². The molecule has 0 fully saturated rings. The van der Waals surface area contributed by atoms with Gasteiger partial charge in [-0.2, -0.15) is 0 Å². The van der Waals surface area contributed by atoms with E-state index < -0.39 is 0 Å². The van der Waals surface area contributed by atoms with Crippen LogP contribution in [0.3, 0.4) is 0 Å². The summed E-state index contributed by atoms with van der Waals surface area (Å²) >= 11 is 0. The highest BCUT2D eigenvalue weighted by Crippen LogP contribution is 2.11. The van der Waals surface area contributed by atoms with Crippen LogP contribution >= 0.6 is 0 Å². The number of hydrogen-bond acceptors (Lipinski definition) is 2. The molecular formula is C11H26N2. The van der Waals surface area contributed by atoms with Crippen LogP contribution in [0.4, 0.5) is 0 Å². The van der Waals surface area contributed by atoms with E-state index in [0.717, 1.165) is 18.9 Å². The number of rotatable bonds is 8. The fourth-order valence-electron chi connectivity index (χ4n) is 1.41. The SMILES string of the molecule is CCCCC(CC)CNC(N)CC. The van der Waals surface area contributed by atoms with Crippen molar-refractivity contribution in [2.24, 2.45) is 11.7 Å². The molecule has 0 saturated carbocycles. The lowest BCUT2D eigenvalue weighted by molar-refractivity contribution is 0.386. The van der Waals surface area contributed by atoms with Crippen molar-refractivity contribution in [1.82, 2.24) is 5.32 Å². The van der Waals surface area contributed by atoms with Gasteiger partial charge in [-0.05, 0) is 25.3 Å². The second-order valence-electron chi connectivity index (χ2n) is 3.84. The molecule has 0 aromatic carbocycles. The van der Waals surface area contributed by atoms with Gasteiger partial charge in [-0.3, -0.25) is 0 Å². The number of unbranched alkanes of at least 4 members (excludes halogenated alkanes) is 1. The summed E-state index contributed by atoms with van der Waals surface area (Å²) < 4.78 is 0. The molecule has 0 aromatic heterocycles. The Hall–Kier alpha value is -0.0800. The van der Waals surface area contributed by atoms with E-state index in [1.165, 1.54) is 25.7 Å². The molecule has 13 heavy (non-hydrogen) atoms. The molecule has 0 aliphatic heterocycles. The van der Waals surface area contributed by atoms with Crippen molar-refractivity contribution in [3.63, 3.8) is 0 Å². The highest BCUT2D eigenvalue weighted by Gasteiger charge is 2.06. The predicted octanol–water partition coefficient (Wildman–Crippen LogP) is 2.49. The van der Waals surface area contributed by atoms with Gasteiger partial charge < -0.3 is 11.1 Å². The first-order valence-corrected chi connectivity index (χ1v) is 5.73. The molecule has 0 radical (unpaired) electrons. The molecule has 0 aliphatic rings. The summed E-state index contributed by atoms with van der Waals surface area (Å²) in [7, 11) is 0. The summed E-state index contributed by atoms with van der Waals surface area (Å²) in [6.45, 7) is 7.72. The van der Waals surface area contributed by atoms with Crippen molar-refractivity contribution in [2.45, 2.75) is 59.0 Å². The highest BCUT2D eigenvalue weighted by molar-refractivity contribution is 4.63. The first-order chi connectivity index (χ1) is 6.24. The Morgan fingerprint density at radius 3 is 2.31 bits per heavy atom. The van der Waals surface area contributed by atoms with E-state index in [9.17, 15) is 0 Å². The van der Waals surface area contributed by atoms with Gasteiger partial charge in [0.1, 0.15) is 0 Å². The Balaban J connectivity index is 3.46. The minimum absolute atomic E-state index is 0.190. The van der Waals surface area contributed by atoms with Crippen LogP contribution in [0.1, 0.15) is 52.9 Å². The van der Waals surface area contributed by atoms with Crippen molar-refractivity contribution in [2.75, 3.05) is 6.54 Å². The molecule has 3 N–H and O–H groups in total. The quantitative estimate of drug-likeness (QED) is 0.572. The van der Waals surface area contributed by atoms with Crippen LogP contribution in [0.5, 0.6) is 0 Å². The maximum atomic E-state index is 5.79. The van der Waals surface area contributed by atoms with Crippen LogP contribution in [0.15, 0.2) is 0 Å².